The lowest BCUT2D eigenvalue weighted by Crippen LogP contribution is -2.36. The second-order valence-corrected chi connectivity index (χ2v) is 5.75. The lowest BCUT2D eigenvalue weighted by atomic mass is 9.68. The third-order valence-electron chi connectivity index (χ3n) is 4.16. The molecule has 0 atom stereocenters. The monoisotopic (exact) mass is 266 g/mol. The second kappa shape index (κ2) is 6.21. The second-order valence-electron chi connectivity index (χ2n) is 5.75. The third kappa shape index (κ3) is 2.77. The fraction of sp³-hybridized carbons (Fsp3) is 0.412. The Kier molecular flexibility index (Phi) is 4.15. The van der Waals surface area contributed by atoms with Crippen molar-refractivity contribution in [1.82, 2.24) is 0 Å². The molecule has 2 N–H and O–H groups in total. The van der Waals surface area contributed by atoms with E-state index in [4.69, 9.17) is 0 Å². The molecule has 3 heteroatoms. The van der Waals surface area contributed by atoms with E-state index in [0.29, 0.717) is 6.98 Å². The highest BCUT2D eigenvalue weighted by Crippen LogP contribution is 2.34. The largest absolute Gasteiger partial charge is 0.409 e. The van der Waals surface area contributed by atoms with E-state index in [1.165, 1.54) is 60.6 Å². The summed E-state index contributed by atoms with van der Waals surface area (Å²) in [6.45, 7) is 2.64. The Labute approximate surface area is 122 Å². The molecule has 0 spiro atoms. The van der Waals surface area contributed by atoms with Gasteiger partial charge < -0.3 is 10.5 Å². The lowest BCUT2D eigenvalue weighted by molar-refractivity contribution is 0.654. The molecule has 0 radical (unpaired) electrons. The molecule has 0 aliphatic carbocycles. The number of nitrogens with one attached hydrogen (secondary N) is 2. The van der Waals surface area contributed by atoms with Gasteiger partial charge in [0, 0.05) is 16.8 Å². The Balaban J connectivity index is 1.66. The summed E-state index contributed by atoms with van der Waals surface area (Å²) in [5, 5.41) is 9.92. The highest BCUT2D eigenvalue weighted by Gasteiger charge is 2.22. The SMILES string of the molecule is CCCCCCCB1Nc2cccc3cccc(c23)N1. The molecule has 0 unspecified atom stereocenters. The van der Waals surface area contributed by atoms with Crippen LogP contribution in [0.3, 0.4) is 0 Å². The summed E-state index contributed by atoms with van der Waals surface area (Å²) in [7, 11) is 0. The van der Waals surface area contributed by atoms with Crippen LogP contribution < -0.4 is 10.5 Å². The van der Waals surface area contributed by atoms with Crippen LogP contribution in [0.25, 0.3) is 10.8 Å². The van der Waals surface area contributed by atoms with Gasteiger partial charge in [-0.05, 0) is 23.8 Å². The van der Waals surface area contributed by atoms with Gasteiger partial charge in [0.05, 0.1) is 0 Å². The Morgan fingerprint density at radius 2 is 1.50 bits per heavy atom. The zero-order valence-electron chi connectivity index (χ0n) is 12.3. The molecule has 0 aromatic heterocycles. The van der Waals surface area contributed by atoms with Gasteiger partial charge in [-0.25, -0.2) is 0 Å². The summed E-state index contributed by atoms with van der Waals surface area (Å²) in [5.74, 6) is 0. The van der Waals surface area contributed by atoms with Gasteiger partial charge in [0.15, 0.2) is 0 Å². The van der Waals surface area contributed by atoms with Crippen LogP contribution in [0.5, 0.6) is 0 Å². The molecule has 0 fully saturated rings. The molecule has 1 heterocycles. The van der Waals surface area contributed by atoms with Crippen LogP contribution in [0.15, 0.2) is 36.4 Å². The van der Waals surface area contributed by atoms with Crippen LogP contribution >= 0.6 is 0 Å². The molecule has 3 rings (SSSR count). The maximum Gasteiger partial charge on any atom is 0.370 e. The Hall–Kier alpha value is -1.64. The van der Waals surface area contributed by atoms with Crippen molar-refractivity contribution < 1.29 is 0 Å². The van der Waals surface area contributed by atoms with Gasteiger partial charge in [0.2, 0.25) is 0 Å². The molecule has 0 bridgehead atoms. The highest BCUT2D eigenvalue weighted by atomic mass is 15.0. The van der Waals surface area contributed by atoms with Crippen molar-refractivity contribution in [2.75, 3.05) is 10.5 Å². The van der Waals surface area contributed by atoms with Gasteiger partial charge in [0.1, 0.15) is 0 Å². The molecule has 1 aliphatic rings. The summed E-state index contributed by atoms with van der Waals surface area (Å²) < 4.78 is 0. The van der Waals surface area contributed by atoms with Gasteiger partial charge in [-0.15, -0.1) is 0 Å². The van der Waals surface area contributed by atoms with Gasteiger partial charge in [-0.1, -0.05) is 63.3 Å². The van der Waals surface area contributed by atoms with Gasteiger partial charge in [-0.2, -0.15) is 0 Å². The summed E-state index contributed by atoms with van der Waals surface area (Å²) >= 11 is 0. The Bertz CT molecular complexity index is 541. The van der Waals surface area contributed by atoms with Crippen LogP contribution in [0.1, 0.15) is 39.0 Å². The van der Waals surface area contributed by atoms with E-state index in [1.807, 2.05) is 0 Å². The van der Waals surface area contributed by atoms with Crippen LogP contribution in [-0.2, 0) is 0 Å². The van der Waals surface area contributed by atoms with Crippen LogP contribution in [0.2, 0.25) is 6.32 Å². The number of benzene rings is 2. The number of rotatable bonds is 6. The van der Waals surface area contributed by atoms with Gasteiger partial charge in [-0.3, -0.25) is 0 Å². The summed E-state index contributed by atoms with van der Waals surface area (Å²) in [6.07, 6.45) is 7.88. The highest BCUT2D eigenvalue weighted by molar-refractivity contribution is 6.67. The lowest BCUT2D eigenvalue weighted by Gasteiger charge is -2.26. The van der Waals surface area contributed by atoms with Crippen molar-refractivity contribution in [2.24, 2.45) is 0 Å². The Morgan fingerprint density at radius 1 is 0.850 bits per heavy atom. The van der Waals surface area contributed by atoms with Crippen molar-refractivity contribution in [1.29, 1.82) is 0 Å². The first kappa shape index (κ1) is 13.4. The predicted molar refractivity (Wildman–Crippen MR) is 90.5 cm³/mol. The van der Waals surface area contributed by atoms with E-state index >= 15 is 0 Å². The average molecular weight is 266 g/mol. The smallest absolute Gasteiger partial charge is 0.370 e. The van der Waals surface area contributed by atoms with E-state index in [9.17, 15) is 0 Å². The molecule has 0 amide bonds. The van der Waals surface area contributed by atoms with E-state index in [2.05, 4.69) is 53.8 Å². The summed E-state index contributed by atoms with van der Waals surface area (Å²) in [6, 6.07) is 13.0. The number of anilines is 2. The zero-order chi connectivity index (χ0) is 13.8. The first-order valence-electron chi connectivity index (χ1n) is 7.93. The molecule has 1 aliphatic heterocycles. The van der Waals surface area contributed by atoms with Crippen LogP contribution in [-0.4, -0.2) is 6.98 Å². The molecule has 2 aromatic carbocycles. The molecule has 104 valence electrons. The van der Waals surface area contributed by atoms with E-state index in [-0.39, 0.29) is 0 Å². The molecule has 0 saturated heterocycles. The number of unbranched alkanes of at least 4 members (excludes halogenated alkanes) is 4. The van der Waals surface area contributed by atoms with E-state index in [1.54, 1.807) is 0 Å². The van der Waals surface area contributed by atoms with Crippen molar-refractivity contribution in [3.63, 3.8) is 0 Å². The van der Waals surface area contributed by atoms with E-state index < -0.39 is 0 Å². The molecule has 2 nitrogen and oxygen atoms in total. The quantitative estimate of drug-likeness (QED) is 0.559. The molecule has 0 saturated carbocycles. The summed E-state index contributed by atoms with van der Waals surface area (Å²) in [5.41, 5.74) is 2.55. The zero-order valence-corrected chi connectivity index (χ0v) is 12.3. The van der Waals surface area contributed by atoms with Crippen molar-refractivity contribution in [2.45, 2.75) is 45.3 Å². The van der Waals surface area contributed by atoms with Gasteiger partial charge in [0.25, 0.3) is 0 Å². The summed E-state index contributed by atoms with van der Waals surface area (Å²) in [4.78, 5) is 0. The molecule has 20 heavy (non-hydrogen) atoms. The fourth-order valence-electron chi connectivity index (χ4n) is 3.09. The predicted octanol–water partition coefficient (Wildman–Crippen LogP) is 5.14. The fourth-order valence-corrected chi connectivity index (χ4v) is 3.09. The normalized spacial score (nSPS) is 13.2. The standard InChI is InChI=1S/C17H23BN2/c1-2-3-4-5-6-13-18-19-15-11-7-9-14-10-8-12-16(20-18)17(14)15/h7-12,19-20H,2-6,13H2,1H3. The van der Waals surface area contributed by atoms with Gasteiger partial charge >= 0.3 is 6.98 Å². The number of hydrogen-bond acceptors (Lipinski definition) is 2. The van der Waals surface area contributed by atoms with Crippen LogP contribution in [0.4, 0.5) is 11.4 Å². The Morgan fingerprint density at radius 3 is 2.15 bits per heavy atom. The van der Waals surface area contributed by atoms with Crippen molar-refractivity contribution in [3.05, 3.63) is 36.4 Å². The first-order valence-corrected chi connectivity index (χ1v) is 7.93. The van der Waals surface area contributed by atoms with Crippen molar-refractivity contribution in [3.8, 4) is 0 Å². The van der Waals surface area contributed by atoms with Crippen LogP contribution in [0, 0.1) is 0 Å². The maximum atomic E-state index is 3.64. The minimum atomic E-state index is 0.372. The minimum absolute atomic E-state index is 0.372. The average Bonchev–Trinajstić information content (AvgIpc) is 2.48. The number of hydrogen-bond donors (Lipinski definition) is 2. The minimum Gasteiger partial charge on any atom is -0.409 e. The molecule has 2 aromatic rings. The topological polar surface area (TPSA) is 24.1 Å². The first-order chi connectivity index (χ1) is 9.88. The molecular weight excluding hydrogens is 243 g/mol. The van der Waals surface area contributed by atoms with E-state index in [0.717, 1.165) is 0 Å². The molecular formula is C17H23BN2. The van der Waals surface area contributed by atoms with Crippen molar-refractivity contribution >= 4 is 29.1 Å². The maximum absolute atomic E-state index is 3.64. The third-order valence-corrected chi connectivity index (χ3v) is 4.16.